The molecule has 0 fully saturated rings. The third kappa shape index (κ3) is 5.81. The smallest absolute Gasteiger partial charge is 0.221 e. The van der Waals surface area contributed by atoms with Crippen LogP contribution in [0.4, 0.5) is 0 Å². The van der Waals surface area contributed by atoms with E-state index in [9.17, 15) is 9.00 Å². The summed E-state index contributed by atoms with van der Waals surface area (Å²) in [6.45, 7) is 1.94. The Hall–Kier alpha value is -2.14. The van der Waals surface area contributed by atoms with Crippen LogP contribution in [-0.2, 0) is 21.3 Å². The summed E-state index contributed by atoms with van der Waals surface area (Å²) in [7, 11) is 0.528. The van der Waals surface area contributed by atoms with Gasteiger partial charge in [-0.1, -0.05) is 42.5 Å². The summed E-state index contributed by atoms with van der Waals surface area (Å²) in [5.41, 5.74) is 2.01. The molecule has 0 saturated heterocycles. The highest BCUT2D eigenvalue weighted by Gasteiger charge is 2.11. The van der Waals surface area contributed by atoms with Gasteiger partial charge in [-0.15, -0.1) is 0 Å². The van der Waals surface area contributed by atoms with Gasteiger partial charge in [-0.25, -0.2) is 0 Å². The summed E-state index contributed by atoms with van der Waals surface area (Å²) in [6, 6.07) is 17.3. The average Bonchev–Trinajstić information content (AvgIpc) is 2.61. The first-order valence-electron chi connectivity index (χ1n) is 7.90. The molecule has 4 nitrogen and oxygen atoms in total. The number of methoxy groups -OCH3 is 1. The maximum atomic E-state index is 12.2. The van der Waals surface area contributed by atoms with Crippen molar-refractivity contribution in [3.05, 3.63) is 65.7 Å². The second-order valence-electron chi connectivity index (χ2n) is 5.59. The highest BCUT2D eigenvalue weighted by atomic mass is 32.2. The number of hydrogen-bond donors (Lipinski definition) is 1. The van der Waals surface area contributed by atoms with Crippen molar-refractivity contribution in [1.82, 2.24) is 5.32 Å². The predicted octanol–water partition coefficient (Wildman–Crippen LogP) is 3.21. The minimum atomic E-state index is -1.08. The van der Waals surface area contributed by atoms with Crippen LogP contribution in [0.1, 0.15) is 30.5 Å². The molecule has 0 unspecified atom stereocenters. The van der Waals surface area contributed by atoms with E-state index in [1.807, 2.05) is 61.5 Å². The number of ether oxygens (including phenoxy) is 1. The summed E-state index contributed by atoms with van der Waals surface area (Å²) in [6.07, 6.45) is 0.258. The lowest BCUT2D eigenvalue weighted by Gasteiger charge is -2.14. The molecular weight excluding hydrogens is 322 g/mol. The molecule has 0 saturated carbocycles. The summed E-state index contributed by atoms with van der Waals surface area (Å²) in [5.74, 6) is 1.45. The normalized spacial score (nSPS) is 13.1. The third-order valence-corrected chi connectivity index (χ3v) is 5.01. The molecule has 5 heteroatoms. The Morgan fingerprint density at radius 1 is 1.17 bits per heavy atom. The third-order valence-electron chi connectivity index (χ3n) is 3.70. The maximum Gasteiger partial charge on any atom is 0.221 e. The Labute approximate surface area is 145 Å². The summed E-state index contributed by atoms with van der Waals surface area (Å²) >= 11 is 0. The van der Waals surface area contributed by atoms with E-state index in [4.69, 9.17) is 4.74 Å². The molecule has 2 aromatic rings. The van der Waals surface area contributed by atoms with Crippen LogP contribution in [0, 0.1) is 0 Å². The van der Waals surface area contributed by atoms with Crippen molar-refractivity contribution < 1.29 is 13.7 Å². The molecule has 0 bridgehead atoms. The van der Waals surface area contributed by atoms with Crippen molar-refractivity contribution in [2.24, 2.45) is 0 Å². The van der Waals surface area contributed by atoms with E-state index in [-0.39, 0.29) is 18.4 Å². The number of nitrogens with one attached hydrogen (secondary N) is 1. The highest BCUT2D eigenvalue weighted by molar-refractivity contribution is 7.84. The lowest BCUT2D eigenvalue weighted by atomic mass is 10.1. The zero-order valence-electron chi connectivity index (χ0n) is 14.0. The number of rotatable bonds is 8. The largest absolute Gasteiger partial charge is 0.497 e. The van der Waals surface area contributed by atoms with Gasteiger partial charge in [0, 0.05) is 28.7 Å². The molecule has 0 spiro atoms. The number of amides is 1. The minimum Gasteiger partial charge on any atom is -0.497 e. The molecule has 0 aromatic heterocycles. The standard InChI is InChI=1S/C19H23NO3S/c1-15(17-8-4-3-5-9-17)20-19(21)11-12-24(22)14-16-7-6-10-18(13-16)23-2/h3-10,13,15H,11-12,14H2,1-2H3,(H,20,21)/t15-,24+/m0/s1. The van der Waals surface area contributed by atoms with E-state index in [2.05, 4.69) is 5.32 Å². The number of carbonyl (C=O) groups is 1. The van der Waals surface area contributed by atoms with Crippen molar-refractivity contribution in [1.29, 1.82) is 0 Å². The zero-order chi connectivity index (χ0) is 17.4. The lowest BCUT2D eigenvalue weighted by molar-refractivity contribution is -0.121. The van der Waals surface area contributed by atoms with Crippen LogP contribution in [0.5, 0.6) is 5.75 Å². The first-order valence-corrected chi connectivity index (χ1v) is 9.39. The van der Waals surface area contributed by atoms with Gasteiger partial charge in [0.05, 0.1) is 13.2 Å². The van der Waals surface area contributed by atoms with Crippen LogP contribution >= 0.6 is 0 Å². The van der Waals surface area contributed by atoms with E-state index in [1.54, 1.807) is 7.11 Å². The van der Waals surface area contributed by atoms with Crippen LogP contribution in [-0.4, -0.2) is 23.0 Å². The van der Waals surface area contributed by atoms with E-state index < -0.39 is 10.8 Å². The first kappa shape index (κ1) is 18.2. The molecular formula is C19H23NO3S. The van der Waals surface area contributed by atoms with Gasteiger partial charge in [0.25, 0.3) is 0 Å². The highest BCUT2D eigenvalue weighted by Crippen LogP contribution is 2.14. The summed E-state index contributed by atoms with van der Waals surface area (Å²) in [4.78, 5) is 12.0. The number of hydrogen-bond acceptors (Lipinski definition) is 3. The van der Waals surface area contributed by atoms with Gasteiger partial charge in [-0.2, -0.15) is 0 Å². The van der Waals surface area contributed by atoms with Crippen LogP contribution in [0.2, 0.25) is 0 Å². The first-order chi connectivity index (χ1) is 11.6. The monoisotopic (exact) mass is 345 g/mol. The van der Waals surface area contributed by atoms with Crippen molar-refractivity contribution >= 4 is 16.7 Å². The predicted molar refractivity (Wildman–Crippen MR) is 97.3 cm³/mol. The fourth-order valence-corrected chi connectivity index (χ4v) is 3.47. The Balaban J connectivity index is 1.77. The molecule has 0 aliphatic carbocycles. The fraction of sp³-hybridized carbons (Fsp3) is 0.316. The van der Waals surface area contributed by atoms with Crippen LogP contribution in [0.25, 0.3) is 0 Å². The molecule has 128 valence electrons. The Morgan fingerprint density at radius 2 is 1.92 bits per heavy atom. The topological polar surface area (TPSA) is 55.4 Å². The van der Waals surface area contributed by atoms with E-state index >= 15 is 0 Å². The summed E-state index contributed by atoms with van der Waals surface area (Å²) < 4.78 is 17.3. The van der Waals surface area contributed by atoms with Crippen molar-refractivity contribution in [3.8, 4) is 5.75 Å². The van der Waals surface area contributed by atoms with E-state index in [1.165, 1.54) is 0 Å². The Morgan fingerprint density at radius 3 is 2.62 bits per heavy atom. The van der Waals surface area contributed by atoms with Crippen molar-refractivity contribution in [3.63, 3.8) is 0 Å². The molecule has 1 N–H and O–H groups in total. The SMILES string of the molecule is COc1cccc(C[S@](=O)CCC(=O)N[C@@H](C)c2ccccc2)c1. The molecule has 0 aliphatic heterocycles. The fourth-order valence-electron chi connectivity index (χ4n) is 2.37. The maximum absolute atomic E-state index is 12.2. The lowest BCUT2D eigenvalue weighted by Crippen LogP contribution is -2.27. The van der Waals surface area contributed by atoms with Crippen LogP contribution in [0.15, 0.2) is 54.6 Å². The van der Waals surface area contributed by atoms with Crippen LogP contribution in [0.3, 0.4) is 0 Å². The van der Waals surface area contributed by atoms with Gasteiger partial charge >= 0.3 is 0 Å². The second-order valence-corrected chi connectivity index (χ2v) is 7.17. The van der Waals surface area contributed by atoms with Gasteiger partial charge in [-0.05, 0) is 30.2 Å². The van der Waals surface area contributed by atoms with Gasteiger partial charge in [-0.3, -0.25) is 9.00 Å². The van der Waals surface area contributed by atoms with Crippen LogP contribution < -0.4 is 10.1 Å². The average molecular weight is 345 g/mol. The molecule has 2 rings (SSSR count). The van der Waals surface area contributed by atoms with Crippen molar-refractivity contribution in [2.45, 2.75) is 25.1 Å². The molecule has 0 radical (unpaired) electrons. The Kier molecular flexibility index (Phi) is 7.00. The number of benzene rings is 2. The molecule has 2 aromatic carbocycles. The number of carbonyl (C=O) groups excluding carboxylic acids is 1. The van der Waals surface area contributed by atoms with E-state index in [0.717, 1.165) is 16.9 Å². The van der Waals surface area contributed by atoms with E-state index in [0.29, 0.717) is 11.5 Å². The minimum absolute atomic E-state index is 0.0504. The molecule has 1 amide bonds. The quantitative estimate of drug-likeness (QED) is 0.799. The Bertz CT molecular complexity index is 688. The summed E-state index contributed by atoms with van der Waals surface area (Å²) in [5, 5.41) is 2.94. The molecule has 24 heavy (non-hydrogen) atoms. The van der Waals surface area contributed by atoms with Gasteiger partial charge < -0.3 is 10.1 Å². The molecule has 0 heterocycles. The second kappa shape index (κ2) is 9.23. The van der Waals surface area contributed by atoms with Gasteiger partial charge in [0.2, 0.25) is 5.91 Å². The van der Waals surface area contributed by atoms with Gasteiger partial charge in [0.1, 0.15) is 5.75 Å². The zero-order valence-corrected chi connectivity index (χ0v) is 14.8. The molecule has 2 atom stereocenters. The van der Waals surface area contributed by atoms with Gasteiger partial charge in [0.15, 0.2) is 0 Å². The van der Waals surface area contributed by atoms with Crippen molar-refractivity contribution in [2.75, 3.05) is 12.9 Å². The molecule has 0 aliphatic rings.